The Bertz CT molecular complexity index is 339. The van der Waals surface area contributed by atoms with Crippen LogP contribution in [-0.2, 0) is 6.54 Å². The second kappa shape index (κ2) is 5.75. The summed E-state index contributed by atoms with van der Waals surface area (Å²) < 4.78 is 1.05. The standard InChI is InChI=1S/C12H18BrN3/c1-16(5-4-15-12-2-3-12)9-10-6-11(13)8-14-7-10/h6-8,12,15H,2-5,9H2,1H3. The molecule has 1 aliphatic carbocycles. The van der Waals surface area contributed by atoms with Gasteiger partial charge in [0.2, 0.25) is 0 Å². The second-order valence-electron chi connectivity index (χ2n) is 4.48. The van der Waals surface area contributed by atoms with E-state index in [0.29, 0.717) is 0 Å². The van der Waals surface area contributed by atoms with Crippen LogP contribution in [0.15, 0.2) is 22.9 Å². The Morgan fingerprint density at radius 2 is 2.31 bits per heavy atom. The van der Waals surface area contributed by atoms with Crippen LogP contribution in [0.2, 0.25) is 0 Å². The molecule has 0 unspecified atom stereocenters. The lowest BCUT2D eigenvalue weighted by Crippen LogP contribution is -2.30. The summed E-state index contributed by atoms with van der Waals surface area (Å²) in [6, 6.07) is 2.93. The highest BCUT2D eigenvalue weighted by Gasteiger charge is 2.19. The number of pyridine rings is 1. The summed E-state index contributed by atoms with van der Waals surface area (Å²) in [5, 5.41) is 3.52. The van der Waals surface area contributed by atoms with Crippen LogP contribution >= 0.6 is 15.9 Å². The zero-order chi connectivity index (χ0) is 11.4. The lowest BCUT2D eigenvalue weighted by molar-refractivity contribution is 0.323. The Hall–Kier alpha value is -0.450. The highest BCUT2D eigenvalue weighted by atomic mass is 79.9. The lowest BCUT2D eigenvalue weighted by atomic mass is 10.3. The Labute approximate surface area is 105 Å². The maximum atomic E-state index is 4.17. The minimum atomic E-state index is 0.806. The zero-order valence-corrected chi connectivity index (χ0v) is 11.2. The highest BCUT2D eigenvalue weighted by Crippen LogP contribution is 2.18. The van der Waals surface area contributed by atoms with Crippen molar-refractivity contribution in [1.82, 2.24) is 15.2 Å². The number of nitrogens with zero attached hydrogens (tertiary/aromatic N) is 2. The fourth-order valence-electron chi connectivity index (χ4n) is 1.68. The van der Waals surface area contributed by atoms with Crippen molar-refractivity contribution >= 4 is 15.9 Å². The first-order chi connectivity index (χ1) is 7.74. The minimum absolute atomic E-state index is 0.806. The van der Waals surface area contributed by atoms with Crippen molar-refractivity contribution in [2.45, 2.75) is 25.4 Å². The molecular weight excluding hydrogens is 266 g/mol. The smallest absolute Gasteiger partial charge is 0.0410 e. The molecule has 16 heavy (non-hydrogen) atoms. The van der Waals surface area contributed by atoms with Crippen molar-refractivity contribution in [3.63, 3.8) is 0 Å². The zero-order valence-electron chi connectivity index (χ0n) is 9.62. The van der Waals surface area contributed by atoms with Crippen molar-refractivity contribution < 1.29 is 0 Å². The number of halogens is 1. The maximum Gasteiger partial charge on any atom is 0.0410 e. The SMILES string of the molecule is CN(CCNC1CC1)Cc1cncc(Br)c1. The fourth-order valence-corrected chi connectivity index (χ4v) is 2.09. The van der Waals surface area contributed by atoms with E-state index in [1.807, 2.05) is 12.4 Å². The molecule has 1 N–H and O–H groups in total. The first kappa shape index (κ1) is 12.0. The molecule has 0 radical (unpaired) electrons. The molecular formula is C12H18BrN3. The molecule has 1 fully saturated rings. The van der Waals surface area contributed by atoms with Gasteiger partial charge < -0.3 is 10.2 Å². The van der Waals surface area contributed by atoms with Crippen LogP contribution in [0, 0.1) is 0 Å². The largest absolute Gasteiger partial charge is 0.313 e. The summed E-state index contributed by atoms with van der Waals surface area (Å²) >= 11 is 3.44. The molecule has 0 spiro atoms. The summed E-state index contributed by atoms with van der Waals surface area (Å²) in [6.45, 7) is 3.13. The molecule has 1 heterocycles. The predicted octanol–water partition coefficient (Wildman–Crippen LogP) is 2.03. The molecule has 0 aliphatic heterocycles. The van der Waals surface area contributed by atoms with Crippen molar-refractivity contribution in [2.75, 3.05) is 20.1 Å². The van der Waals surface area contributed by atoms with E-state index >= 15 is 0 Å². The molecule has 1 aromatic heterocycles. The van der Waals surface area contributed by atoms with Crippen molar-refractivity contribution in [1.29, 1.82) is 0 Å². The Kier molecular flexibility index (Phi) is 4.32. The van der Waals surface area contributed by atoms with Crippen molar-refractivity contribution in [3.05, 3.63) is 28.5 Å². The molecule has 3 nitrogen and oxygen atoms in total. The molecule has 0 saturated heterocycles. The van der Waals surface area contributed by atoms with Crippen LogP contribution in [0.1, 0.15) is 18.4 Å². The van der Waals surface area contributed by atoms with E-state index in [9.17, 15) is 0 Å². The monoisotopic (exact) mass is 283 g/mol. The molecule has 4 heteroatoms. The molecule has 1 saturated carbocycles. The average Bonchev–Trinajstić information content (AvgIpc) is 3.01. The van der Waals surface area contributed by atoms with Gasteiger partial charge in [0, 0.05) is 42.5 Å². The van der Waals surface area contributed by atoms with Gasteiger partial charge in [-0.3, -0.25) is 4.98 Å². The van der Waals surface area contributed by atoms with Gasteiger partial charge in [0.1, 0.15) is 0 Å². The van der Waals surface area contributed by atoms with Crippen molar-refractivity contribution in [2.24, 2.45) is 0 Å². The first-order valence-electron chi connectivity index (χ1n) is 5.75. The summed E-state index contributed by atoms with van der Waals surface area (Å²) in [5.74, 6) is 0. The third-order valence-corrected chi connectivity index (χ3v) is 3.15. The number of aromatic nitrogens is 1. The van der Waals surface area contributed by atoms with E-state index < -0.39 is 0 Å². The van der Waals surface area contributed by atoms with Gasteiger partial charge in [0.05, 0.1) is 0 Å². The fraction of sp³-hybridized carbons (Fsp3) is 0.583. The van der Waals surface area contributed by atoms with Gasteiger partial charge in [-0.05, 0) is 47.4 Å². The van der Waals surface area contributed by atoms with Gasteiger partial charge in [0.15, 0.2) is 0 Å². The van der Waals surface area contributed by atoms with Crippen molar-refractivity contribution in [3.8, 4) is 0 Å². The number of hydrogen-bond donors (Lipinski definition) is 1. The van der Waals surface area contributed by atoms with Gasteiger partial charge in [-0.1, -0.05) is 0 Å². The second-order valence-corrected chi connectivity index (χ2v) is 5.39. The predicted molar refractivity (Wildman–Crippen MR) is 69.3 cm³/mol. The summed E-state index contributed by atoms with van der Waals surface area (Å²) in [4.78, 5) is 6.48. The molecule has 1 aromatic rings. The third-order valence-electron chi connectivity index (χ3n) is 2.72. The Balaban J connectivity index is 1.70. The molecule has 0 atom stereocenters. The van der Waals surface area contributed by atoms with Gasteiger partial charge in [0.25, 0.3) is 0 Å². The van der Waals surface area contributed by atoms with Crippen LogP contribution in [-0.4, -0.2) is 36.1 Å². The van der Waals surface area contributed by atoms with Gasteiger partial charge in [-0.2, -0.15) is 0 Å². The highest BCUT2D eigenvalue weighted by molar-refractivity contribution is 9.10. The maximum absolute atomic E-state index is 4.17. The van der Waals surface area contributed by atoms with Crippen LogP contribution in [0.4, 0.5) is 0 Å². The Morgan fingerprint density at radius 3 is 3.00 bits per heavy atom. The Morgan fingerprint density at radius 1 is 1.50 bits per heavy atom. The van der Waals surface area contributed by atoms with Gasteiger partial charge >= 0.3 is 0 Å². The van der Waals surface area contributed by atoms with E-state index in [2.05, 4.69) is 44.2 Å². The molecule has 0 amide bonds. The molecule has 88 valence electrons. The summed E-state index contributed by atoms with van der Waals surface area (Å²) in [6.07, 6.45) is 6.46. The van der Waals surface area contributed by atoms with E-state index in [4.69, 9.17) is 0 Å². The molecule has 0 bridgehead atoms. The molecule has 2 rings (SSSR count). The lowest BCUT2D eigenvalue weighted by Gasteiger charge is -2.16. The average molecular weight is 284 g/mol. The molecule has 1 aliphatic rings. The number of nitrogens with one attached hydrogen (secondary N) is 1. The van der Waals surface area contributed by atoms with Crippen LogP contribution in [0.3, 0.4) is 0 Å². The van der Waals surface area contributed by atoms with E-state index in [1.165, 1.54) is 18.4 Å². The van der Waals surface area contributed by atoms with Gasteiger partial charge in [-0.25, -0.2) is 0 Å². The van der Waals surface area contributed by atoms with E-state index in [-0.39, 0.29) is 0 Å². The summed E-state index contributed by atoms with van der Waals surface area (Å²) in [5.41, 5.74) is 1.25. The van der Waals surface area contributed by atoms with Crippen LogP contribution in [0.25, 0.3) is 0 Å². The number of rotatable bonds is 6. The number of likely N-dealkylation sites (N-methyl/N-ethyl adjacent to an activating group) is 1. The minimum Gasteiger partial charge on any atom is -0.313 e. The van der Waals surface area contributed by atoms with Crippen LogP contribution < -0.4 is 5.32 Å². The molecule has 0 aromatic carbocycles. The first-order valence-corrected chi connectivity index (χ1v) is 6.55. The quantitative estimate of drug-likeness (QED) is 0.866. The van der Waals surface area contributed by atoms with E-state index in [0.717, 1.165) is 30.1 Å². The van der Waals surface area contributed by atoms with E-state index in [1.54, 1.807) is 0 Å². The topological polar surface area (TPSA) is 28.2 Å². The number of hydrogen-bond acceptors (Lipinski definition) is 3. The third kappa shape index (κ3) is 4.20. The normalized spacial score (nSPS) is 15.7. The summed E-state index contributed by atoms with van der Waals surface area (Å²) in [7, 11) is 2.15. The van der Waals surface area contributed by atoms with Gasteiger partial charge in [-0.15, -0.1) is 0 Å². The van der Waals surface area contributed by atoms with Crippen LogP contribution in [0.5, 0.6) is 0 Å².